The van der Waals surface area contributed by atoms with Crippen LogP contribution in [0.1, 0.15) is 5.69 Å². The van der Waals surface area contributed by atoms with Crippen molar-refractivity contribution in [2.75, 3.05) is 0 Å². The molecule has 0 aliphatic carbocycles. The van der Waals surface area contributed by atoms with E-state index >= 15 is 0 Å². The van der Waals surface area contributed by atoms with Gasteiger partial charge >= 0.3 is 0 Å². The third-order valence-electron chi connectivity index (χ3n) is 1.47. The molecule has 2 aromatic rings. The average molecular weight is 133 g/mol. The SMILES string of the molecule is Cc1cncc2ccnn12. The van der Waals surface area contributed by atoms with Crippen LogP contribution in [0.2, 0.25) is 0 Å². The Balaban J connectivity index is 2.95. The van der Waals surface area contributed by atoms with Gasteiger partial charge in [0.1, 0.15) is 0 Å². The van der Waals surface area contributed by atoms with E-state index in [9.17, 15) is 0 Å². The van der Waals surface area contributed by atoms with E-state index in [0.717, 1.165) is 11.2 Å². The molecule has 0 bridgehead atoms. The van der Waals surface area contributed by atoms with Gasteiger partial charge < -0.3 is 0 Å². The van der Waals surface area contributed by atoms with Gasteiger partial charge in [0.2, 0.25) is 0 Å². The van der Waals surface area contributed by atoms with E-state index in [1.165, 1.54) is 0 Å². The molecule has 0 N–H and O–H groups in total. The Labute approximate surface area is 58.3 Å². The second-order valence-electron chi connectivity index (χ2n) is 2.22. The Morgan fingerprint density at radius 3 is 3.10 bits per heavy atom. The lowest BCUT2D eigenvalue weighted by Gasteiger charge is -1.94. The molecule has 3 nitrogen and oxygen atoms in total. The smallest absolute Gasteiger partial charge is 0.0847 e. The van der Waals surface area contributed by atoms with E-state index in [1.54, 1.807) is 18.6 Å². The number of hydrogen-bond donors (Lipinski definition) is 0. The molecule has 0 atom stereocenters. The summed E-state index contributed by atoms with van der Waals surface area (Å²) in [4.78, 5) is 4.02. The molecule has 0 saturated carbocycles. The lowest BCUT2D eigenvalue weighted by molar-refractivity contribution is 0.898. The molecular weight excluding hydrogens is 126 g/mol. The van der Waals surface area contributed by atoms with E-state index in [-0.39, 0.29) is 0 Å². The van der Waals surface area contributed by atoms with Gasteiger partial charge in [-0.25, -0.2) is 4.52 Å². The molecule has 0 fully saturated rings. The summed E-state index contributed by atoms with van der Waals surface area (Å²) in [5.74, 6) is 0. The fourth-order valence-corrected chi connectivity index (χ4v) is 0.982. The summed E-state index contributed by atoms with van der Waals surface area (Å²) in [7, 11) is 0. The van der Waals surface area contributed by atoms with Crippen LogP contribution in [-0.2, 0) is 0 Å². The number of aromatic nitrogens is 3. The van der Waals surface area contributed by atoms with Gasteiger partial charge in [0.25, 0.3) is 0 Å². The largest absolute Gasteiger partial charge is 0.261 e. The van der Waals surface area contributed by atoms with Crippen molar-refractivity contribution in [3.63, 3.8) is 0 Å². The molecule has 3 heteroatoms. The third-order valence-corrected chi connectivity index (χ3v) is 1.47. The van der Waals surface area contributed by atoms with Gasteiger partial charge in [0.05, 0.1) is 23.6 Å². The summed E-state index contributed by atoms with van der Waals surface area (Å²) < 4.78 is 1.85. The summed E-state index contributed by atoms with van der Waals surface area (Å²) in [6.45, 7) is 1.98. The average Bonchev–Trinajstić information content (AvgIpc) is 2.36. The normalized spacial score (nSPS) is 10.5. The quantitative estimate of drug-likeness (QED) is 0.537. The predicted molar refractivity (Wildman–Crippen MR) is 37.7 cm³/mol. The fraction of sp³-hybridized carbons (Fsp3) is 0.143. The highest BCUT2D eigenvalue weighted by molar-refractivity contribution is 5.42. The topological polar surface area (TPSA) is 30.2 Å². The zero-order valence-corrected chi connectivity index (χ0v) is 5.65. The van der Waals surface area contributed by atoms with E-state index in [4.69, 9.17) is 0 Å². The number of aryl methyl sites for hydroxylation is 1. The first-order valence-electron chi connectivity index (χ1n) is 3.12. The molecule has 0 spiro atoms. The summed E-state index contributed by atoms with van der Waals surface area (Å²) in [5, 5.41) is 4.09. The van der Waals surface area contributed by atoms with Crippen LogP contribution in [0.4, 0.5) is 0 Å². The number of rotatable bonds is 0. The van der Waals surface area contributed by atoms with Crippen LogP contribution in [0.5, 0.6) is 0 Å². The van der Waals surface area contributed by atoms with Crippen LogP contribution in [-0.4, -0.2) is 14.6 Å². The molecule has 0 aliphatic rings. The first kappa shape index (κ1) is 5.41. The lowest BCUT2D eigenvalue weighted by atomic mass is 10.5. The van der Waals surface area contributed by atoms with Crippen molar-refractivity contribution in [3.05, 3.63) is 30.4 Å². The first-order chi connectivity index (χ1) is 4.88. The maximum Gasteiger partial charge on any atom is 0.0847 e. The minimum absolute atomic E-state index is 1.04. The van der Waals surface area contributed by atoms with E-state index < -0.39 is 0 Å². The molecule has 10 heavy (non-hydrogen) atoms. The minimum Gasteiger partial charge on any atom is -0.261 e. The second kappa shape index (κ2) is 1.80. The van der Waals surface area contributed by atoms with Crippen LogP contribution in [0.25, 0.3) is 5.52 Å². The highest BCUT2D eigenvalue weighted by Gasteiger charge is 1.93. The minimum atomic E-state index is 1.04. The van der Waals surface area contributed by atoms with Gasteiger partial charge in [0.15, 0.2) is 0 Å². The van der Waals surface area contributed by atoms with Crippen LogP contribution in [0.15, 0.2) is 24.7 Å². The van der Waals surface area contributed by atoms with Crippen molar-refractivity contribution in [1.29, 1.82) is 0 Å². The number of fused-ring (bicyclic) bond motifs is 1. The molecule has 2 heterocycles. The van der Waals surface area contributed by atoms with Crippen molar-refractivity contribution in [2.24, 2.45) is 0 Å². The first-order valence-corrected chi connectivity index (χ1v) is 3.12. The molecule has 0 radical (unpaired) electrons. The molecule has 0 unspecified atom stereocenters. The number of nitrogens with zero attached hydrogens (tertiary/aromatic N) is 3. The zero-order valence-electron chi connectivity index (χ0n) is 5.65. The van der Waals surface area contributed by atoms with Gasteiger partial charge in [-0.05, 0) is 13.0 Å². The van der Waals surface area contributed by atoms with Crippen molar-refractivity contribution >= 4 is 5.52 Å². The molecule has 0 amide bonds. The van der Waals surface area contributed by atoms with Gasteiger partial charge in [-0.1, -0.05) is 0 Å². The highest BCUT2D eigenvalue weighted by atomic mass is 15.2. The Kier molecular flexibility index (Phi) is 0.974. The summed E-state index contributed by atoms with van der Waals surface area (Å²) in [5.41, 5.74) is 2.10. The van der Waals surface area contributed by atoms with Crippen LogP contribution in [0.3, 0.4) is 0 Å². The van der Waals surface area contributed by atoms with Crippen LogP contribution in [0, 0.1) is 6.92 Å². The van der Waals surface area contributed by atoms with E-state index in [0.29, 0.717) is 0 Å². The molecule has 0 aliphatic heterocycles. The Bertz CT molecular complexity index is 350. The highest BCUT2D eigenvalue weighted by Crippen LogP contribution is 2.01. The standard InChI is InChI=1S/C7H7N3/c1-6-4-8-5-7-2-3-9-10(6)7/h2-5H,1H3. The summed E-state index contributed by atoms with van der Waals surface area (Å²) >= 11 is 0. The summed E-state index contributed by atoms with van der Waals surface area (Å²) in [6, 6.07) is 1.93. The zero-order chi connectivity index (χ0) is 6.97. The Morgan fingerprint density at radius 1 is 1.40 bits per heavy atom. The Morgan fingerprint density at radius 2 is 2.30 bits per heavy atom. The third kappa shape index (κ3) is 0.603. The molecule has 50 valence electrons. The summed E-state index contributed by atoms with van der Waals surface area (Å²) in [6.07, 6.45) is 5.35. The van der Waals surface area contributed by atoms with E-state index in [2.05, 4.69) is 10.1 Å². The molecular formula is C7H7N3. The molecule has 2 rings (SSSR count). The monoisotopic (exact) mass is 133 g/mol. The second-order valence-corrected chi connectivity index (χ2v) is 2.22. The van der Waals surface area contributed by atoms with Crippen molar-refractivity contribution in [1.82, 2.24) is 14.6 Å². The van der Waals surface area contributed by atoms with Crippen molar-refractivity contribution in [2.45, 2.75) is 6.92 Å². The number of hydrogen-bond acceptors (Lipinski definition) is 2. The van der Waals surface area contributed by atoms with Crippen LogP contribution >= 0.6 is 0 Å². The molecule has 2 aromatic heterocycles. The van der Waals surface area contributed by atoms with Crippen molar-refractivity contribution in [3.8, 4) is 0 Å². The van der Waals surface area contributed by atoms with Gasteiger partial charge in [0, 0.05) is 6.20 Å². The lowest BCUT2D eigenvalue weighted by Crippen LogP contribution is -1.92. The maximum absolute atomic E-state index is 4.09. The molecule has 0 saturated heterocycles. The van der Waals surface area contributed by atoms with E-state index in [1.807, 2.05) is 17.5 Å². The fourth-order valence-electron chi connectivity index (χ4n) is 0.982. The van der Waals surface area contributed by atoms with Gasteiger partial charge in [-0.2, -0.15) is 5.10 Å². The van der Waals surface area contributed by atoms with Gasteiger partial charge in [-0.15, -0.1) is 0 Å². The maximum atomic E-state index is 4.09. The van der Waals surface area contributed by atoms with Gasteiger partial charge in [-0.3, -0.25) is 4.98 Å². The molecule has 0 aromatic carbocycles. The van der Waals surface area contributed by atoms with Crippen molar-refractivity contribution < 1.29 is 0 Å². The predicted octanol–water partition coefficient (Wildman–Crippen LogP) is 1.04. The Hall–Kier alpha value is -1.38. The van der Waals surface area contributed by atoms with Crippen LogP contribution < -0.4 is 0 Å².